The Hall–Kier alpha value is -2.06. The van der Waals surface area contributed by atoms with Gasteiger partial charge in [0.15, 0.2) is 23.7 Å². The van der Waals surface area contributed by atoms with E-state index >= 15 is 4.39 Å². The van der Waals surface area contributed by atoms with E-state index in [1.807, 2.05) is 6.92 Å². The molecule has 9 heteroatoms. The first-order valence-corrected chi connectivity index (χ1v) is 13.0. The molecule has 8 atom stereocenters. The minimum Gasteiger partial charge on any atom is -0.457 e. The number of Topliss-reactive ketones (excluding diaryl/α,β-unsaturated/α-hetero) is 1. The molecule has 0 spiro atoms. The highest BCUT2D eigenvalue weighted by Gasteiger charge is 2.77. The fraction of sp³-hybridized carbons (Fsp3) is 0.714. The number of fused-ring (bicyclic) bond motifs is 5. The van der Waals surface area contributed by atoms with Gasteiger partial charge in [-0.25, -0.2) is 4.39 Å². The summed E-state index contributed by atoms with van der Waals surface area (Å²) in [6, 6.07) is 0. The number of carbonyl (C=O) groups excluding carboxylic acids is 4. The maximum atomic E-state index is 17.4. The second kappa shape index (κ2) is 9.92. The summed E-state index contributed by atoms with van der Waals surface area (Å²) >= 11 is 0. The Morgan fingerprint density at radius 3 is 2.41 bits per heavy atom. The maximum absolute atomic E-state index is 17.4. The van der Waals surface area contributed by atoms with Gasteiger partial charge in [0.1, 0.15) is 0 Å². The molecule has 37 heavy (non-hydrogen) atoms. The van der Waals surface area contributed by atoms with E-state index in [1.54, 1.807) is 33.8 Å². The van der Waals surface area contributed by atoms with Crippen LogP contribution >= 0.6 is 12.4 Å². The Morgan fingerprint density at radius 1 is 1.14 bits per heavy atom. The monoisotopic (exact) mass is 540 g/mol. The summed E-state index contributed by atoms with van der Waals surface area (Å²) in [6.07, 6.45) is 4.32. The minimum absolute atomic E-state index is 0. The normalized spacial score (nSPS) is 41.9. The van der Waals surface area contributed by atoms with Crippen LogP contribution in [0.1, 0.15) is 73.1 Å². The van der Waals surface area contributed by atoms with Gasteiger partial charge in [-0.1, -0.05) is 39.3 Å². The third-order valence-corrected chi connectivity index (χ3v) is 9.81. The second-order valence-electron chi connectivity index (χ2n) is 11.4. The Labute approximate surface area is 223 Å². The third-order valence-electron chi connectivity index (χ3n) is 9.81. The lowest BCUT2D eigenvalue weighted by Crippen LogP contribution is -2.70. The molecule has 206 valence electrons. The minimum atomic E-state index is -2.05. The van der Waals surface area contributed by atoms with Crippen LogP contribution in [-0.4, -0.2) is 52.6 Å². The molecular weight excluding hydrogens is 503 g/mol. The molecular formula is C28H38ClFO7. The van der Waals surface area contributed by atoms with Crippen LogP contribution in [0, 0.1) is 28.6 Å². The molecule has 4 aliphatic carbocycles. The zero-order valence-corrected chi connectivity index (χ0v) is 23.0. The van der Waals surface area contributed by atoms with E-state index in [9.17, 15) is 24.3 Å². The van der Waals surface area contributed by atoms with E-state index in [0.717, 1.165) is 0 Å². The van der Waals surface area contributed by atoms with Gasteiger partial charge in [-0.3, -0.25) is 19.2 Å². The smallest absolute Gasteiger partial charge is 0.306 e. The number of esters is 2. The maximum Gasteiger partial charge on any atom is 0.306 e. The first-order chi connectivity index (χ1) is 16.8. The van der Waals surface area contributed by atoms with Crippen molar-refractivity contribution in [3.8, 4) is 0 Å². The number of halogens is 2. The number of alkyl halides is 1. The Kier molecular flexibility index (Phi) is 7.91. The molecule has 0 saturated heterocycles. The number of carbonyl (C=O) groups is 4. The van der Waals surface area contributed by atoms with Crippen molar-refractivity contribution >= 4 is 35.9 Å². The summed E-state index contributed by atoms with van der Waals surface area (Å²) in [5.41, 5.74) is -5.26. The van der Waals surface area contributed by atoms with E-state index < -0.39 is 64.4 Å². The zero-order chi connectivity index (χ0) is 26.7. The van der Waals surface area contributed by atoms with E-state index in [4.69, 9.17) is 9.47 Å². The van der Waals surface area contributed by atoms with Gasteiger partial charge in [0.25, 0.3) is 0 Å². The Morgan fingerprint density at radius 2 is 1.78 bits per heavy atom. The molecule has 7 nitrogen and oxygen atoms in total. The van der Waals surface area contributed by atoms with Crippen LogP contribution in [-0.2, 0) is 28.7 Å². The van der Waals surface area contributed by atoms with Crippen LogP contribution < -0.4 is 0 Å². The van der Waals surface area contributed by atoms with Gasteiger partial charge in [0.05, 0.1) is 6.10 Å². The summed E-state index contributed by atoms with van der Waals surface area (Å²) in [6.45, 7) is 8.05. The van der Waals surface area contributed by atoms with Crippen molar-refractivity contribution in [3.63, 3.8) is 0 Å². The van der Waals surface area contributed by atoms with Crippen LogP contribution in [0.25, 0.3) is 0 Å². The molecule has 0 heterocycles. The summed E-state index contributed by atoms with van der Waals surface area (Å²) in [5.74, 6) is -3.31. The first-order valence-electron chi connectivity index (χ1n) is 13.0. The lowest BCUT2D eigenvalue weighted by molar-refractivity contribution is -0.228. The molecule has 3 saturated carbocycles. The number of allylic oxidation sites excluding steroid dienone is 4. The topological polar surface area (TPSA) is 107 Å². The van der Waals surface area contributed by atoms with E-state index in [0.29, 0.717) is 24.8 Å². The van der Waals surface area contributed by atoms with Gasteiger partial charge in [-0.05, 0) is 50.7 Å². The highest BCUT2D eigenvalue weighted by molar-refractivity contribution is 6.01. The van der Waals surface area contributed by atoms with Crippen LogP contribution in [0.15, 0.2) is 23.8 Å². The summed E-state index contributed by atoms with van der Waals surface area (Å²) in [5, 5.41) is 11.5. The molecule has 0 aliphatic heterocycles. The van der Waals surface area contributed by atoms with Gasteiger partial charge < -0.3 is 14.6 Å². The number of aliphatic hydroxyl groups excluding tert-OH is 1. The molecule has 0 aromatic carbocycles. The summed E-state index contributed by atoms with van der Waals surface area (Å²) < 4.78 is 28.5. The fourth-order valence-corrected chi connectivity index (χ4v) is 8.01. The van der Waals surface area contributed by atoms with Gasteiger partial charge in [0.2, 0.25) is 5.78 Å². The quantitative estimate of drug-likeness (QED) is 0.502. The van der Waals surface area contributed by atoms with E-state index in [-0.39, 0.29) is 43.4 Å². The van der Waals surface area contributed by atoms with Crippen LogP contribution in [0.5, 0.6) is 0 Å². The molecule has 8 unspecified atom stereocenters. The predicted molar refractivity (Wildman–Crippen MR) is 136 cm³/mol. The van der Waals surface area contributed by atoms with Crippen molar-refractivity contribution in [2.24, 2.45) is 28.6 Å². The van der Waals surface area contributed by atoms with Crippen molar-refractivity contribution in [3.05, 3.63) is 23.8 Å². The van der Waals surface area contributed by atoms with Gasteiger partial charge in [-0.15, -0.1) is 12.4 Å². The average molecular weight is 541 g/mol. The van der Waals surface area contributed by atoms with Gasteiger partial charge in [0, 0.05) is 35.5 Å². The van der Waals surface area contributed by atoms with Crippen molar-refractivity contribution in [1.29, 1.82) is 0 Å². The van der Waals surface area contributed by atoms with Crippen molar-refractivity contribution < 1.29 is 38.1 Å². The number of rotatable bonds is 6. The Bertz CT molecular complexity index is 1060. The number of ketones is 2. The molecule has 0 bridgehead atoms. The molecule has 1 N–H and O–H groups in total. The largest absolute Gasteiger partial charge is 0.457 e. The highest BCUT2D eigenvalue weighted by Crippen LogP contribution is 2.71. The van der Waals surface area contributed by atoms with Crippen LogP contribution in [0.2, 0.25) is 0 Å². The molecule has 0 aromatic heterocycles. The number of hydrogen-bond acceptors (Lipinski definition) is 7. The molecule has 4 rings (SSSR count). The van der Waals surface area contributed by atoms with Crippen molar-refractivity contribution in [2.75, 3.05) is 6.61 Å². The molecule has 0 radical (unpaired) electrons. The zero-order valence-electron chi connectivity index (χ0n) is 22.2. The van der Waals surface area contributed by atoms with E-state index in [2.05, 4.69) is 0 Å². The van der Waals surface area contributed by atoms with Crippen molar-refractivity contribution in [2.45, 2.75) is 90.5 Å². The van der Waals surface area contributed by atoms with E-state index in [1.165, 1.54) is 12.2 Å². The third kappa shape index (κ3) is 3.92. The predicted octanol–water partition coefficient (Wildman–Crippen LogP) is 4.24. The molecule has 3 fully saturated rings. The first kappa shape index (κ1) is 29.5. The SMILES string of the molecule is CCC(=O)OCC(=O)C1(OC(=O)CC)C(C)CC2C3CCC4=CC(=O)C=CC4(C)C3(F)C(O)CC21C.Cl. The molecule has 0 amide bonds. The van der Waals surface area contributed by atoms with Crippen molar-refractivity contribution in [1.82, 2.24) is 0 Å². The number of ether oxygens (including phenoxy) is 2. The second-order valence-corrected chi connectivity index (χ2v) is 11.4. The standard InChI is InChI=1S/C28H37FO7.ClH/c1-6-23(33)35-15-22(32)28(36-24(34)7-2)16(3)12-20-19-9-8-17-13-18(30)10-11-25(17,4)27(19,29)21(31)14-26(20,28)5;/h10-11,13,16,19-21,31H,6-9,12,14-15H2,1-5H3;1H. The summed E-state index contributed by atoms with van der Waals surface area (Å²) in [4.78, 5) is 50.3. The lowest BCUT2D eigenvalue weighted by Gasteiger charge is -2.62. The lowest BCUT2D eigenvalue weighted by atomic mass is 9.44. The average Bonchev–Trinajstić information content (AvgIpc) is 3.05. The Balaban J connectivity index is 0.00000380. The van der Waals surface area contributed by atoms with Gasteiger partial charge in [-0.2, -0.15) is 0 Å². The van der Waals surface area contributed by atoms with Crippen LogP contribution in [0.3, 0.4) is 0 Å². The molecule has 4 aliphatic rings. The fourth-order valence-electron chi connectivity index (χ4n) is 8.01. The molecule has 0 aromatic rings. The summed E-state index contributed by atoms with van der Waals surface area (Å²) in [7, 11) is 0. The highest BCUT2D eigenvalue weighted by atomic mass is 35.5. The number of aliphatic hydroxyl groups is 1. The van der Waals surface area contributed by atoms with Crippen LogP contribution in [0.4, 0.5) is 4.39 Å². The van der Waals surface area contributed by atoms with Gasteiger partial charge >= 0.3 is 11.9 Å². The number of hydrogen-bond donors (Lipinski definition) is 1.